The van der Waals surface area contributed by atoms with E-state index in [-0.39, 0.29) is 23.9 Å². The maximum Gasteiger partial charge on any atom is 0.163 e. The van der Waals surface area contributed by atoms with Crippen molar-refractivity contribution < 1.29 is 10.2 Å². The van der Waals surface area contributed by atoms with Gasteiger partial charge in [0.2, 0.25) is 0 Å². The molecule has 2 N–H and O–H groups in total. The number of anilines is 1. The number of nitrogens with zero attached hydrogens (tertiary/aromatic N) is 4. The Hall–Kier alpha value is -2.83. The predicted octanol–water partition coefficient (Wildman–Crippen LogP) is 2.42. The van der Waals surface area contributed by atoms with Crippen LogP contribution in [0, 0.1) is 18.3 Å². The van der Waals surface area contributed by atoms with E-state index in [0.717, 1.165) is 17.1 Å². The minimum Gasteiger partial charge on any atom is -0.396 e. The normalized spacial score (nSPS) is 28.1. The van der Waals surface area contributed by atoms with E-state index in [0.29, 0.717) is 18.9 Å². The molecule has 2 fully saturated rings. The van der Waals surface area contributed by atoms with Crippen LogP contribution in [0.15, 0.2) is 60.9 Å². The highest BCUT2D eigenvalue weighted by Crippen LogP contribution is 2.68. The Morgan fingerprint density at radius 2 is 1.97 bits per heavy atom. The van der Waals surface area contributed by atoms with Crippen molar-refractivity contribution in [2.75, 3.05) is 24.6 Å². The first-order valence-electron chi connectivity index (χ1n) is 9.98. The summed E-state index contributed by atoms with van der Waals surface area (Å²) < 4.78 is 0. The zero-order valence-electron chi connectivity index (χ0n) is 16.3. The van der Waals surface area contributed by atoms with Gasteiger partial charge < -0.3 is 15.1 Å². The highest BCUT2D eigenvalue weighted by Gasteiger charge is 2.71. The molecule has 4 atom stereocenters. The Bertz CT molecular complexity index is 1010. The third kappa shape index (κ3) is 2.91. The molecule has 0 bridgehead atoms. The molecule has 29 heavy (non-hydrogen) atoms. The van der Waals surface area contributed by atoms with E-state index >= 15 is 0 Å². The number of rotatable bonds is 4. The van der Waals surface area contributed by atoms with Crippen LogP contribution >= 0.6 is 0 Å². The predicted molar refractivity (Wildman–Crippen MR) is 110 cm³/mol. The van der Waals surface area contributed by atoms with E-state index in [2.05, 4.69) is 27.0 Å². The topological polar surface area (TPSA) is 82.4 Å². The quantitative estimate of drug-likeness (QED) is 0.714. The van der Waals surface area contributed by atoms with Crippen molar-refractivity contribution in [3.8, 4) is 11.4 Å². The first-order valence-corrected chi connectivity index (χ1v) is 9.98. The van der Waals surface area contributed by atoms with Gasteiger partial charge in [0.25, 0.3) is 0 Å². The van der Waals surface area contributed by atoms with E-state index in [4.69, 9.17) is 4.98 Å². The molecule has 1 aromatic carbocycles. The van der Waals surface area contributed by atoms with Crippen LogP contribution in [0.3, 0.4) is 0 Å². The first-order chi connectivity index (χ1) is 14.1. The van der Waals surface area contributed by atoms with E-state index < -0.39 is 6.10 Å². The molecule has 1 saturated carbocycles. The van der Waals surface area contributed by atoms with Crippen LogP contribution in [0.1, 0.15) is 17.2 Å². The molecule has 5 rings (SSSR count). The fraction of sp³-hybridized carbons (Fsp3) is 0.348. The summed E-state index contributed by atoms with van der Waals surface area (Å²) in [5, 5.41) is 21.0. The van der Waals surface area contributed by atoms with Gasteiger partial charge in [0, 0.05) is 54.8 Å². The molecule has 3 aromatic rings. The van der Waals surface area contributed by atoms with Crippen molar-refractivity contribution in [1.29, 1.82) is 0 Å². The van der Waals surface area contributed by atoms with Gasteiger partial charge >= 0.3 is 0 Å². The summed E-state index contributed by atoms with van der Waals surface area (Å²) in [7, 11) is 0. The van der Waals surface area contributed by atoms with Crippen LogP contribution in [0.2, 0.25) is 0 Å². The maximum absolute atomic E-state index is 11.0. The van der Waals surface area contributed by atoms with Crippen molar-refractivity contribution in [2.24, 2.45) is 11.3 Å². The number of benzene rings is 1. The van der Waals surface area contributed by atoms with E-state index in [1.54, 1.807) is 12.4 Å². The van der Waals surface area contributed by atoms with Gasteiger partial charge in [0.05, 0.1) is 6.10 Å². The Morgan fingerprint density at radius 3 is 2.69 bits per heavy atom. The van der Waals surface area contributed by atoms with Gasteiger partial charge in [0.15, 0.2) is 5.82 Å². The minimum absolute atomic E-state index is 0.0608. The van der Waals surface area contributed by atoms with Crippen LogP contribution in [-0.4, -0.2) is 51.0 Å². The average Bonchev–Trinajstić information content (AvgIpc) is 3.29. The molecular formula is C23H24N4O2. The standard InChI is InChI=1S/C23H24N4O2/c1-15-10-20(26-22(25-15)17-8-5-9-24-11-17)27-12-19(29)23(14-27)18(13-28)21(23)16-6-3-2-4-7-16/h2-11,18-19,21,28-29H,12-14H2,1H3/t18-,19-,21-,23-/m1/s1. The lowest BCUT2D eigenvalue weighted by molar-refractivity contribution is 0.113. The Kier molecular flexibility index (Phi) is 4.33. The molecule has 2 aromatic heterocycles. The summed E-state index contributed by atoms with van der Waals surface area (Å²) in [6, 6.07) is 16.0. The average molecular weight is 388 g/mol. The summed E-state index contributed by atoms with van der Waals surface area (Å²) in [4.78, 5) is 15.6. The molecule has 6 heteroatoms. The SMILES string of the molecule is Cc1cc(N2C[C@@H](O)[C@@]3(C2)[C@H](CO)[C@H]3c2ccccc2)nc(-c2cccnc2)n1. The second kappa shape index (κ2) is 6.90. The summed E-state index contributed by atoms with van der Waals surface area (Å²) >= 11 is 0. The molecular weight excluding hydrogens is 364 g/mol. The number of hydrogen-bond donors (Lipinski definition) is 2. The molecule has 1 aliphatic carbocycles. The minimum atomic E-state index is -0.512. The van der Waals surface area contributed by atoms with Crippen LogP contribution in [0.4, 0.5) is 5.82 Å². The smallest absolute Gasteiger partial charge is 0.163 e. The summed E-state index contributed by atoms with van der Waals surface area (Å²) in [6.07, 6.45) is 2.97. The molecule has 148 valence electrons. The number of hydrogen-bond acceptors (Lipinski definition) is 6. The third-order valence-corrected chi connectivity index (χ3v) is 6.48. The van der Waals surface area contributed by atoms with Gasteiger partial charge in [-0.2, -0.15) is 0 Å². The lowest BCUT2D eigenvalue weighted by Gasteiger charge is -2.19. The fourth-order valence-electron chi connectivity index (χ4n) is 5.08. The molecule has 2 aliphatic rings. The van der Waals surface area contributed by atoms with E-state index in [1.807, 2.05) is 43.3 Å². The lowest BCUT2D eigenvalue weighted by atomic mass is 9.95. The number of aliphatic hydroxyl groups excluding tert-OH is 2. The Labute approximate surface area is 169 Å². The van der Waals surface area contributed by atoms with Gasteiger partial charge in [0.1, 0.15) is 5.82 Å². The zero-order valence-corrected chi connectivity index (χ0v) is 16.3. The molecule has 6 nitrogen and oxygen atoms in total. The van der Waals surface area contributed by atoms with Crippen LogP contribution in [0.5, 0.6) is 0 Å². The highest BCUT2D eigenvalue weighted by molar-refractivity contribution is 5.58. The monoisotopic (exact) mass is 388 g/mol. The summed E-state index contributed by atoms with van der Waals surface area (Å²) in [6.45, 7) is 3.20. The van der Waals surface area contributed by atoms with Crippen LogP contribution in [0.25, 0.3) is 11.4 Å². The van der Waals surface area contributed by atoms with Crippen molar-refractivity contribution >= 4 is 5.82 Å². The van der Waals surface area contributed by atoms with Crippen molar-refractivity contribution in [3.05, 3.63) is 72.2 Å². The van der Waals surface area contributed by atoms with Gasteiger partial charge in [-0.05, 0) is 36.5 Å². The summed E-state index contributed by atoms with van der Waals surface area (Å²) in [5.74, 6) is 1.67. The number of pyridine rings is 1. The molecule has 1 spiro atoms. The third-order valence-electron chi connectivity index (χ3n) is 6.48. The van der Waals surface area contributed by atoms with Gasteiger partial charge in [-0.15, -0.1) is 0 Å². The lowest BCUT2D eigenvalue weighted by Crippen LogP contribution is -2.23. The van der Waals surface area contributed by atoms with Crippen molar-refractivity contribution in [2.45, 2.75) is 18.9 Å². The molecule has 0 radical (unpaired) electrons. The number of aromatic nitrogens is 3. The van der Waals surface area contributed by atoms with Gasteiger partial charge in [-0.25, -0.2) is 9.97 Å². The second-order valence-corrected chi connectivity index (χ2v) is 8.12. The van der Waals surface area contributed by atoms with Gasteiger partial charge in [-0.1, -0.05) is 30.3 Å². The Balaban J connectivity index is 1.47. The molecule has 1 aliphatic heterocycles. The highest BCUT2D eigenvalue weighted by atomic mass is 16.3. The largest absolute Gasteiger partial charge is 0.396 e. The molecule has 1 saturated heterocycles. The number of β-amino-alcohol motifs (C(OH)–C–C–N with tert-alkyl or cyclic N) is 1. The second-order valence-electron chi connectivity index (χ2n) is 8.12. The van der Waals surface area contributed by atoms with Crippen molar-refractivity contribution in [1.82, 2.24) is 15.0 Å². The number of aryl methyl sites for hydroxylation is 1. The summed E-state index contributed by atoms with van der Waals surface area (Å²) in [5.41, 5.74) is 2.60. The zero-order chi connectivity index (χ0) is 20.0. The molecule has 3 heterocycles. The fourth-order valence-corrected chi connectivity index (χ4v) is 5.08. The molecule has 0 amide bonds. The first kappa shape index (κ1) is 18.2. The van der Waals surface area contributed by atoms with Crippen LogP contribution < -0.4 is 4.90 Å². The van der Waals surface area contributed by atoms with E-state index in [9.17, 15) is 10.2 Å². The van der Waals surface area contributed by atoms with Crippen LogP contribution in [-0.2, 0) is 0 Å². The van der Waals surface area contributed by atoms with E-state index in [1.165, 1.54) is 5.56 Å². The van der Waals surface area contributed by atoms with Crippen molar-refractivity contribution in [3.63, 3.8) is 0 Å². The van der Waals surface area contributed by atoms with Gasteiger partial charge in [-0.3, -0.25) is 4.98 Å². The maximum atomic E-state index is 11.0. The number of aliphatic hydroxyl groups is 2. The molecule has 0 unspecified atom stereocenters. The Morgan fingerprint density at radius 1 is 1.14 bits per heavy atom.